The third-order valence-electron chi connectivity index (χ3n) is 5.60. The largest absolute Gasteiger partial charge is 0.484 e. The first kappa shape index (κ1) is 24.3. The number of nitrogens with zero attached hydrogens (tertiary/aromatic N) is 1. The number of hydrogen-bond acceptors (Lipinski definition) is 3. The third kappa shape index (κ3) is 6.59. The molecule has 1 aliphatic carbocycles. The Hall–Kier alpha value is -2.31. The van der Waals surface area contributed by atoms with Crippen LogP contribution in [0.3, 0.4) is 0 Å². The summed E-state index contributed by atoms with van der Waals surface area (Å²) >= 11 is 12.2. The van der Waals surface area contributed by atoms with E-state index in [1.807, 2.05) is 6.92 Å². The molecule has 0 saturated heterocycles. The normalized spacial score (nSPS) is 14.8. The van der Waals surface area contributed by atoms with Gasteiger partial charge in [0.25, 0.3) is 5.91 Å². The van der Waals surface area contributed by atoms with Crippen LogP contribution in [0, 0.1) is 5.82 Å². The average Bonchev–Trinajstić information content (AvgIpc) is 3.28. The van der Waals surface area contributed by atoms with Crippen molar-refractivity contribution in [1.29, 1.82) is 0 Å². The van der Waals surface area contributed by atoms with Crippen molar-refractivity contribution in [3.05, 3.63) is 63.9 Å². The van der Waals surface area contributed by atoms with E-state index in [-0.39, 0.29) is 36.8 Å². The third-order valence-corrected chi connectivity index (χ3v) is 6.34. The molecule has 0 heterocycles. The first-order valence-corrected chi connectivity index (χ1v) is 11.5. The molecule has 0 aliphatic heterocycles. The minimum Gasteiger partial charge on any atom is -0.484 e. The molecule has 32 heavy (non-hydrogen) atoms. The zero-order chi connectivity index (χ0) is 23.1. The summed E-state index contributed by atoms with van der Waals surface area (Å²) in [6.45, 7) is 1.77. The second-order valence-electron chi connectivity index (χ2n) is 7.93. The maximum Gasteiger partial charge on any atom is 0.261 e. The second-order valence-corrected chi connectivity index (χ2v) is 8.74. The van der Waals surface area contributed by atoms with Gasteiger partial charge in [0.15, 0.2) is 6.61 Å². The van der Waals surface area contributed by atoms with Crippen molar-refractivity contribution in [3.63, 3.8) is 0 Å². The van der Waals surface area contributed by atoms with Gasteiger partial charge in [-0.3, -0.25) is 9.59 Å². The highest BCUT2D eigenvalue weighted by molar-refractivity contribution is 6.42. The highest BCUT2D eigenvalue weighted by Crippen LogP contribution is 2.25. The molecule has 0 radical (unpaired) electrons. The smallest absolute Gasteiger partial charge is 0.261 e. The summed E-state index contributed by atoms with van der Waals surface area (Å²) in [4.78, 5) is 27.7. The fourth-order valence-corrected chi connectivity index (χ4v) is 4.20. The molecule has 1 saturated carbocycles. The van der Waals surface area contributed by atoms with Gasteiger partial charge in [-0.05, 0) is 61.2 Å². The van der Waals surface area contributed by atoms with Gasteiger partial charge in [0.1, 0.15) is 17.6 Å². The number of carbonyl (C=O) groups is 2. The van der Waals surface area contributed by atoms with Crippen LogP contribution < -0.4 is 10.1 Å². The molecule has 1 atom stereocenters. The number of rotatable bonds is 9. The Bertz CT molecular complexity index is 933. The molecule has 2 aromatic carbocycles. The van der Waals surface area contributed by atoms with E-state index in [9.17, 15) is 14.0 Å². The SMILES string of the molecule is CCC(C(=O)NC1CCCC1)N(Cc1ccc(Cl)c(Cl)c1)C(=O)COc1ccc(F)cc1. The summed E-state index contributed by atoms with van der Waals surface area (Å²) in [5, 5.41) is 3.88. The molecular weight excluding hydrogens is 454 g/mol. The van der Waals surface area contributed by atoms with Crippen LogP contribution in [-0.2, 0) is 16.1 Å². The topological polar surface area (TPSA) is 58.6 Å². The number of carbonyl (C=O) groups excluding carboxylic acids is 2. The van der Waals surface area contributed by atoms with Gasteiger partial charge < -0.3 is 15.0 Å². The van der Waals surface area contributed by atoms with Crippen LogP contribution in [0.25, 0.3) is 0 Å². The lowest BCUT2D eigenvalue weighted by molar-refractivity contribution is -0.143. The quantitative estimate of drug-likeness (QED) is 0.524. The Morgan fingerprint density at radius 1 is 1.12 bits per heavy atom. The Labute approximate surface area is 197 Å². The molecule has 8 heteroatoms. The molecule has 2 aromatic rings. The van der Waals surface area contributed by atoms with Crippen LogP contribution in [0.2, 0.25) is 10.0 Å². The predicted octanol–water partition coefficient (Wildman–Crippen LogP) is 5.38. The van der Waals surface area contributed by atoms with E-state index in [4.69, 9.17) is 27.9 Å². The van der Waals surface area contributed by atoms with E-state index >= 15 is 0 Å². The molecule has 1 aliphatic rings. The van der Waals surface area contributed by atoms with Crippen LogP contribution >= 0.6 is 23.2 Å². The van der Waals surface area contributed by atoms with Crippen molar-refractivity contribution in [2.24, 2.45) is 0 Å². The van der Waals surface area contributed by atoms with E-state index in [1.165, 1.54) is 29.2 Å². The van der Waals surface area contributed by atoms with E-state index in [0.717, 1.165) is 31.2 Å². The van der Waals surface area contributed by atoms with E-state index in [1.54, 1.807) is 18.2 Å². The monoisotopic (exact) mass is 480 g/mol. The zero-order valence-electron chi connectivity index (χ0n) is 18.0. The van der Waals surface area contributed by atoms with Gasteiger partial charge in [-0.25, -0.2) is 4.39 Å². The Balaban J connectivity index is 1.77. The van der Waals surface area contributed by atoms with Crippen molar-refractivity contribution < 1.29 is 18.7 Å². The molecule has 1 unspecified atom stereocenters. The number of amides is 2. The van der Waals surface area contributed by atoms with Gasteiger partial charge in [-0.2, -0.15) is 0 Å². The fourth-order valence-electron chi connectivity index (χ4n) is 3.88. The molecule has 3 rings (SSSR count). The van der Waals surface area contributed by atoms with E-state index in [0.29, 0.717) is 22.2 Å². The summed E-state index contributed by atoms with van der Waals surface area (Å²) in [6.07, 6.45) is 4.55. The Morgan fingerprint density at radius 2 is 1.81 bits per heavy atom. The standard InChI is InChI=1S/C24H27Cl2FN2O3/c1-2-22(24(31)28-18-5-3-4-6-18)29(14-16-7-12-20(25)21(26)13-16)23(30)15-32-19-10-8-17(27)9-11-19/h7-13,18,22H,2-6,14-15H2,1H3,(H,28,31). The fraction of sp³-hybridized carbons (Fsp3) is 0.417. The molecule has 0 aromatic heterocycles. The van der Waals surface area contributed by atoms with Crippen LogP contribution in [0.5, 0.6) is 5.75 Å². The number of nitrogens with one attached hydrogen (secondary N) is 1. The highest BCUT2D eigenvalue weighted by Gasteiger charge is 2.31. The lowest BCUT2D eigenvalue weighted by Gasteiger charge is -2.31. The van der Waals surface area contributed by atoms with Gasteiger partial charge in [0, 0.05) is 12.6 Å². The lowest BCUT2D eigenvalue weighted by Crippen LogP contribution is -2.52. The molecule has 5 nitrogen and oxygen atoms in total. The van der Waals surface area contributed by atoms with E-state index < -0.39 is 6.04 Å². The summed E-state index contributed by atoms with van der Waals surface area (Å²) in [7, 11) is 0. The van der Waals surface area contributed by atoms with Crippen LogP contribution in [0.1, 0.15) is 44.6 Å². The Morgan fingerprint density at radius 3 is 2.44 bits per heavy atom. The number of hydrogen-bond donors (Lipinski definition) is 1. The van der Waals surface area contributed by atoms with Gasteiger partial charge in [0.2, 0.25) is 5.91 Å². The molecule has 1 N–H and O–H groups in total. The van der Waals surface area contributed by atoms with Gasteiger partial charge in [-0.15, -0.1) is 0 Å². The summed E-state index contributed by atoms with van der Waals surface area (Å²) in [6, 6.07) is 10.0. The van der Waals surface area contributed by atoms with Crippen molar-refractivity contribution in [3.8, 4) is 5.75 Å². The first-order chi connectivity index (χ1) is 15.4. The average molecular weight is 481 g/mol. The van der Waals surface area contributed by atoms with E-state index in [2.05, 4.69) is 5.32 Å². The number of benzene rings is 2. The molecule has 172 valence electrons. The summed E-state index contributed by atoms with van der Waals surface area (Å²) < 4.78 is 18.7. The molecule has 0 bridgehead atoms. The van der Waals surface area contributed by atoms with Crippen molar-refractivity contribution in [2.45, 2.75) is 57.7 Å². The number of ether oxygens (including phenoxy) is 1. The van der Waals surface area contributed by atoms with Crippen molar-refractivity contribution in [1.82, 2.24) is 10.2 Å². The molecule has 1 fully saturated rings. The maximum absolute atomic E-state index is 13.2. The highest BCUT2D eigenvalue weighted by atomic mass is 35.5. The van der Waals surface area contributed by atoms with Gasteiger partial charge in [-0.1, -0.05) is 49.0 Å². The molecule has 0 spiro atoms. The lowest BCUT2D eigenvalue weighted by atomic mass is 10.1. The van der Waals surface area contributed by atoms with Crippen molar-refractivity contribution >= 4 is 35.0 Å². The summed E-state index contributed by atoms with van der Waals surface area (Å²) in [5.74, 6) is -0.541. The van der Waals surface area contributed by atoms with Gasteiger partial charge >= 0.3 is 0 Å². The number of halogens is 3. The Kier molecular flexibility index (Phi) is 8.76. The van der Waals surface area contributed by atoms with Gasteiger partial charge in [0.05, 0.1) is 10.0 Å². The predicted molar refractivity (Wildman–Crippen MR) is 123 cm³/mol. The first-order valence-electron chi connectivity index (χ1n) is 10.8. The maximum atomic E-state index is 13.2. The van der Waals surface area contributed by atoms with Crippen LogP contribution in [0.4, 0.5) is 4.39 Å². The molecular formula is C24H27Cl2FN2O3. The van der Waals surface area contributed by atoms with Crippen LogP contribution in [-0.4, -0.2) is 35.4 Å². The van der Waals surface area contributed by atoms with Crippen molar-refractivity contribution in [2.75, 3.05) is 6.61 Å². The minimum absolute atomic E-state index is 0.147. The molecule has 2 amide bonds. The second kappa shape index (κ2) is 11.5. The minimum atomic E-state index is -0.658. The zero-order valence-corrected chi connectivity index (χ0v) is 19.5. The summed E-state index contributed by atoms with van der Waals surface area (Å²) in [5.41, 5.74) is 0.752. The van der Waals surface area contributed by atoms with Crippen LogP contribution in [0.15, 0.2) is 42.5 Å².